The summed E-state index contributed by atoms with van der Waals surface area (Å²) in [6.07, 6.45) is 2.47. The molecule has 1 fully saturated rings. The van der Waals surface area contributed by atoms with E-state index in [1.807, 2.05) is 37.3 Å². The van der Waals surface area contributed by atoms with Crippen LogP contribution in [0.2, 0.25) is 0 Å². The summed E-state index contributed by atoms with van der Waals surface area (Å²) in [6, 6.07) is 13.2. The van der Waals surface area contributed by atoms with Crippen molar-refractivity contribution in [3.05, 3.63) is 59.8 Å². The molecule has 1 amide bonds. The monoisotopic (exact) mass is 312 g/mol. The Morgan fingerprint density at radius 1 is 1.30 bits per heavy atom. The lowest BCUT2D eigenvalue weighted by Gasteiger charge is -2.14. The SMILES string of the molecule is C[C@H](NC(=O)c1ccc(O[C@@H]2CCOC2)nc1)c1ccccc1. The number of nitrogens with one attached hydrogen (secondary N) is 1. The number of benzene rings is 1. The molecule has 1 aliphatic heterocycles. The Morgan fingerprint density at radius 2 is 2.13 bits per heavy atom. The number of hydrogen-bond acceptors (Lipinski definition) is 4. The fourth-order valence-corrected chi connectivity index (χ4v) is 2.47. The van der Waals surface area contributed by atoms with E-state index in [1.54, 1.807) is 12.1 Å². The minimum atomic E-state index is -0.149. The molecule has 1 aromatic heterocycles. The molecule has 0 unspecified atom stereocenters. The van der Waals surface area contributed by atoms with Crippen LogP contribution in [0, 0.1) is 0 Å². The molecule has 0 bridgehead atoms. The van der Waals surface area contributed by atoms with E-state index in [0.29, 0.717) is 18.1 Å². The minimum Gasteiger partial charge on any atom is -0.472 e. The number of ether oxygens (including phenoxy) is 2. The summed E-state index contributed by atoms with van der Waals surface area (Å²) in [6.45, 7) is 3.28. The van der Waals surface area contributed by atoms with Gasteiger partial charge < -0.3 is 14.8 Å². The van der Waals surface area contributed by atoms with Crippen LogP contribution >= 0.6 is 0 Å². The molecular formula is C18H20N2O3. The van der Waals surface area contributed by atoms with Gasteiger partial charge in [0.05, 0.1) is 24.8 Å². The van der Waals surface area contributed by atoms with Crippen LogP contribution in [0.5, 0.6) is 5.88 Å². The molecule has 0 saturated carbocycles. The van der Waals surface area contributed by atoms with Crippen molar-refractivity contribution in [2.75, 3.05) is 13.2 Å². The second-order valence-electron chi connectivity index (χ2n) is 5.59. The molecule has 5 nitrogen and oxygen atoms in total. The van der Waals surface area contributed by atoms with Gasteiger partial charge in [-0.25, -0.2) is 4.98 Å². The molecule has 0 aliphatic carbocycles. The Balaban J connectivity index is 1.59. The van der Waals surface area contributed by atoms with E-state index in [0.717, 1.165) is 18.6 Å². The maximum atomic E-state index is 12.3. The van der Waals surface area contributed by atoms with Gasteiger partial charge in [-0.1, -0.05) is 30.3 Å². The molecule has 120 valence electrons. The van der Waals surface area contributed by atoms with Crippen LogP contribution < -0.4 is 10.1 Å². The third-order valence-corrected chi connectivity index (χ3v) is 3.82. The van der Waals surface area contributed by atoms with Crippen LogP contribution in [-0.2, 0) is 4.74 Å². The van der Waals surface area contributed by atoms with Crippen molar-refractivity contribution in [2.45, 2.75) is 25.5 Å². The maximum absolute atomic E-state index is 12.3. The molecule has 2 heterocycles. The van der Waals surface area contributed by atoms with Crippen molar-refractivity contribution >= 4 is 5.91 Å². The van der Waals surface area contributed by atoms with E-state index in [-0.39, 0.29) is 18.1 Å². The van der Waals surface area contributed by atoms with Gasteiger partial charge in [-0.3, -0.25) is 4.79 Å². The average molecular weight is 312 g/mol. The molecule has 2 aromatic rings. The highest BCUT2D eigenvalue weighted by atomic mass is 16.5. The maximum Gasteiger partial charge on any atom is 0.253 e. The first kappa shape index (κ1) is 15.5. The van der Waals surface area contributed by atoms with Gasteiger partial charge in [0, 0.05) is 18.7 Å². The second-order valence-corrected chi connectivity index (χ2v) is 5.59. The van der Waals surface area contributed by atoms with Crippen LogP contribution in [0.3, 0.4) is 0 Å². The van der Waals surface area contributed by atoms with Crippen molar-refractivity contribution in [3.8, 4) is 5.88 Å². The summed E-state index contributed by atoms with van der Waals surface area (Å²) in [5.41, 5.74) is 1.58. The van der Waals surface area contributed by atoms with Crippen LogP contribution in [0.15, 0.2) is 48.7 Å². The Bertz CT molecular complexity index is 637. The van der Waals surface area contributed by atoms with Gasteiger partial charge in [0.2, 0.25) is 5.88 Å². The Kier molecular flexibility index (Phi) is 4.88. The second kappa shape index (κ2) is 7.24. The zero-order valence-corrected chi connectivity index (χ0v) is 13.1. The number of hydrogen-bond donors (Lipinski definition) is 1. The fourth-order valence-electron chi connectivity index (χ4n) is 2.47. The topological polar surface area (TPSA) is 60.5 Å². The van der Waals surface area contributed by atoms with Gasteiger partial charge in [0.25, 0.3) is 5.91 Å². The highest BCUT2D eigenvalue weighted by Gasteiger charge is 2.18. The molecule has 3 rings (SSSR count). The number of carbonyl (C=O) groups excluding carboxylic acids is 1. The molecule has 1 N–H and O–H groups in total. The smallest absolute Gasteiger partial charge is 0.253 e. The van der Waals surface area contributed by atoms with Gasteiger partial charge in [0.1, 0.15) is 6.10 Å². The first-order chi connectivity index (χ1) is 11.2. The molecule has 5 heteroatoms. The van der Waals surface area contributed by atoms with Crippen LogP contribution in [0.25, 0.3) is 0 Å². The molecule has 2 atom stereocenters. The van der Waals surface area contributed by atoms with Crippen molar-refractivity contribution in [1.82, 2.24) is 10.3 Å². The number of aromatic nitrogens is 1. The Hall–Kier alpha value is -2.40. The summed E-state index contributed by atoms with van der Waals surface area (Å²) < 4.78 is 11.0. The van der Waals surface area contributed by atoms with E-state index >= 15 is 0 Å². The Morgan fingerprint density at radius 3 is 2.78 bits per heavy atom. The largest absolute Gasteiger partial charge is 0.472 e. The van der Waals surface area contributed by atoms with Gasteiger partial charge >= 0.3 is 0 Å². The molecule has 1 aliphatic rings. The van der Waals surface area contributed by atoms with Crippen molar-refractivity contribution in [1.29, 1.82) is 0 Å². The van der Waals surface area contributed by atoms with Gasteiger partial charge in [0.15, 0.2) is 0 Å². The zero-order valence-electron chi connectivity index (χ0n) is 13.1. The third-order valence-electron chi connectivity index (χ3n) is 3.82. The summed E-state index contributed by atoms with van der Waals surface area (Å²) >= 11 is 0. The van der Waals surface area contributed by atoms with Crippen LogP contribution in [0.4, 0.5) is 0 Å². The molecule has 0 spiro atoms. The lowest BCUT2D eigenvalue weighted by atomic mass is 10.1. The van der Waals surface area contributed by atoms with Crippen molar-refractivity contribution in [3.63, 3.8) is 0 Å². The van der Waals surface area contributed by atoms with Crippen LogP contribution in [0.1, 0.15) is 35.3 Å². The fraction of sp³-hybridized carbons (Fsp3) is 0.333. The number of amides is 1. The van der Waals surface area contributed by atoms with Gasteiger partial charge in [-0.2, -0.15) is 0 Å². The Labute approximate surface area is 135 Å². The third kappa shape index (κ3) is 4.07. The van der Waals surface area contributed by atoms with E-state index in [4.69, 9.17) is 9.47 Å². The molecule has 1 aromatic carbocycles. The quantitative estimate of drug-likeness (QED) is 0.922. The normalized spacial score (nSPS) is 18.4. The molecule has 1 saturated heterocycles. The lowest BCUT2D eigenvalue weighted by molar-refractivity contribution is 0.0939. The summed E-state index contributed by atoms with van der Waals surface area (Å²) in [7, 11) is 0. The van der Waals surface area contributed by atoms with E-state index < -0.39 is 0 Å². The van der Waals surface area contributed by atoms with Crippen LogP contribution in [-0.4, -0.2) is 30.2 Å². The zero-order chi connectivity index (χ0) is 16.1. The number of rotatable bonds is 5. The van der Waals surface area contributed by atoms with Crippen molar-refractivity contribution < 1.29 is 14.3 Å². The molecular weight excluding hydrogens is 292 g/mol. The number of carbonyl (C=O) groups is 1. The summed E-state index contributed by atoms with van der Waals surface area (Å²) in [5.74, 6) is 0.373. The first-order valence-corrected chi connectivity index (χ1v) is 7.78. The number of pyridine rings is 1. The highest BCUT2D eigenvalue weighted by Crippen LogP contribution is 2.16. The van der Waals surface area contributed by atoms with E-state index in [9.17, 15) is 4.79 Å². The molecule has 23 heavy (non-hydrogen) atoms. The minimum absolute atomic E-state index is 0.0558. The van der Waals surface area contributed by atoms with E-state index in [1.165, 1.54) is 6.20 Å². The van der Waals surface area contributed by atoms with Gasteiger partial charge in [-0.05, 0) is 18.6 Å². The lowest BCUT2D eigenvalue weighted by Crippen LogP contribution is -2.26. The average Bonchev–Trinajstić information content (AvgIpc) is 3.09. The summed E-state index contributed by atoms with van der Waals surface area (Å²) in [4.78, 5) is 16.5. The predicted molar refractivity (Wildman–Crippen MR) is 86.4 cm³/mol. The standard InChI is InChI=1S/C18H20N2O3/c1-13(14-5-3-2-4-6-14)20-18(21)15-7-8-17(19-11-15)23-16-9-10-22-12-16/h2-8,11,13,16H,9-10,12H2,1H3,(H,20,21)/t13-,16+/m0/s1. The van der Waals surface area contributed by atoms with E-state index in [2.05, 4.69) is 10.3 Å². The van der Waals surface area contributed by atoms with Crippen molar-refractivity contribution in [2.24, 2.45) is 0 Å². The first-order valence-electron chi connectivity index (χ1n) is 7.78. The van der Waals surface area contributed by atoms with Gasteiger partial charge in [-0.15, -0.1) is 0 Å². The predicted octanol–water partition coefficient (Wildman–Crippen LogP) is 2.74. The highest BCUT2D eigenvalue weighted by molar-refractivity contribution is 5.94. The summed E-state index contributed by atoms with van der Waals surface area (Å²) in [5, 5.41) is 2.97. The molecule has 0 radical (unpaired) electrons. The number of nitrogens with zero attached hydrogens (tertiary/aromatic N) is 1.